The molecule has 0 spiro atoms. The molecular formula is C16H30Co2O4+2. The average molecular weight is 404 g/mol. The molecule has 0 aliphatic rings. The van der Waals surface area contributed by atoms with E-state index >= 15 is 0 Å². The second kappa shape index (κ2) is 23.2. The molecule has 0 bridgehead atoms. The molecule has 22 heavy (non-hydrogen) atoms. The Labute approximate surface area is 156 Å². The molecule has 0 aliphatic heterocycles. The Morgan fingerprint density at radius 2 is 1.32 bits per heavy atom. The number of carboxylic acids is 2. The van der Waals surface area contributed by atoms with E-state index < -0.39 is 11.9 Å². The second-order valence-electron chi connectivity index (χ2n) is 5.10. The van der Waals surface area contributed by atoms with Crippen LogP contribution in [0.1, 0.15) is 85.0 Å². The molecule has 2 radical (unpaired) electrons. The molecule has 0 aromatic carbocycles. The Kier molecular flexibility index (Phi) is 31.6. The summed E-state index contributed by atoms with van der Waals surface area (Å²) in [5, 5.41) is 20.2. The maximum absolute atomic E-state index is 10.3. The first kappa shape index (κ1) is 29.9. The summed E-state index contributed by atoms with van der Waals surface area (Å²) in [6.07, 6.45) is 9.13. The summed E-state index contributed by atoms with van der Waals surface area (Å²) < 4.78 is 0. The van der Waals surface area contributed by atoms with Crippen molar-refractivity contribution in [2.24, 2.45) is 5.92 Å². The van der Waals surface area contributed by atoms with E-state index in [0.717, 1.165) is 38.5 Å². The summed E-state index contributed by atoms with van der Waals surface area (Å²) >= 11 is 0. The van der Waals surface area contributed by atoms with Gasteiger partial charge in [-0.3, -0.25) is 0 Å². The summed E-state index contributed by atoms with van der Waals surface area (Å²) in [6, 6.07) is 0. The third-order valence-corrected chi connectivity index (χ3v) is 3.22. The first-order valence-corrected chi connectivity index (χ1v) is 7.90. The molecular weight excluding hydrogens is 374 g/mol. The molecule has 0 rings (SSSR count). The van der Waals surface area contributed by atoms with Crippen molar-refractivity contribution in [3.05, 3.63) is 0 Å². The van der Waals surface area contributed by atoms with Crippen LogP contribution in [0.5, 0.6) is 0 Å². The third kappa shape index (κ3) is 24.9. The maximum Gasteiger partial charge on any atom is 2.00 e. The van der Waals surface area contributed by atoms with Gasteiger partial charge in [0.1, 0.15) is 0 Å². The molecule has 1 unspecified atom stereocenters. The second-order valence-corrected chi connectivity index (χ2v) is 5.10. The number of carbonyl (C=O) groups is 2. The van der Waals surface area contributed by atoms with Crippen LogP contribution in [0.15, 0.2) is 0 Å². The topological polar surface area (TPSA) is 80.3 Å². The molecule has 6 heteroatoms. The number of carbonyl (C=O) groups excluding carboxylic acids is 2. The normalized spacial score (nSPS) is 10.3. The van der Waals surface area contributed by atoms with Crippen LogP contribution in [0, 0.1) is 5.92 Å². The van der Waals surface area contributed by atoms with E-state index in [2.05, 4.69) is 13.8 Å². The van der Waals surface area contributed by atoms with Crippen molar-refractivity contribution in [2.75, 3.05) is 0 Å². The summed E-state index contributed by atoms with van der Waals surface area (Å²) in [5.41, 5.74) is 0. The van der Waals surface area contributed by atoms with Gasteiger partial charge in [-0.05, 0) is 31.6 Å². The van der Waals surface area contributed by atoms with Gasteiger partial charge in [0.25, 0.3) is 0 Å². The van der Waals surface area contributed by atoms with Gasteiger partial charge in [-0.2, -0.15) is 0 Å². The van der Waals surface area contributed by atoms with Crippen molar-refractivity contribution < 1.29 is 53.4 Å². The maximum atomic E-state index is 10.3. The molecule has 0 fully saturated rings. The van der Waals surface area contributed by atoms with Gasteiger partial charge in [-0.15, -0.1) is 0 Å². The van der Waals surface area contributed by atoms with Gasteiger partial charge in [0.05, 0.1) is 0 Å². The Hall–Kier alpha value is -0.0470. The predicted octanol–water partition coefficient (Wildman–Crippen LogP) is 2.04. The van der Waals surface area contributed by atoms with Crippen LogP contribution >= 0.6 is 0 Å². The summed E-state index contributed by atoms with van der Waals surface area (Å²) in [6.45, 7) is 6.08. The van der Waals surface area contributed by atoms with E-state index in [4.69, 9.17) is 0 Å². The fourth-order valence-electron chi connectivity index (χ4n) is 1.81. The van der Waals surface area contributed by atoms with E-state index in [0.29, 0.717) is 6.42 Å². The Balaban J connectivity index is -0.000000135. The van der Waals surface area contributed by atoms with Crippen molar-refractivity contribution in [3.8, 4) is 0 Å². The molecule has 1 atom stereocenters. The van der Waals surface area contributed by atoms with Crippen LogP contribution < -0.4 is 10.2 Å². The standard InChI is InChI=1S/2C8H16O2.2Co/c1-3-5-6-7(4-2)8(9)10;1-2-3-4-5-6-7-8(9)10;;/h7H,3-6H2,1-2H3,(H,9,10);2-7H2,1H3,(H,9,10);;/q;;2*+2/p-2. The van der Waals surface area contributed by atoms with Crippen molar-refractivity contribution in [1.82, 2.24) is 0 Å². The van der Waals surface area contributed by atoms with Gasteiger partial charge in [-0.1, -0.05) is 59.3 Å². The third-order valence-electron chi connectivity index (χ3n) is 3.22. The van der Waals surface area contributed by atoms with Crippen molar-refractivity contribution in [1.29, 1.82) is 0 Å². The first-order chi connectivity index (χ1) is 9.49. The van der Waals surface area contributed by atoms with Crippen LogP contribution in [0.3, 0.4) is 0 Å². The van der Waals surface area contributed by atoms with Gasteiger partial charge in [0.2, 0.25) is 0 Å². The number of carboxylic acid groups (broad SMARTS) is 2. The minimum atomic E-state index is -0.920. The molecule has 0 saturated heterocycles. The number of aliphatic carboxylic acids is 2. The Morgan fingerprint density at radius 1 is 0.818 bits per heavy atom. The fourth-order valence-corrected chi connectivity index (χ4v) is 1.81. The zero-order chi connectivity index (χ0) is 15.8. The van der Waals surface area contributed by atoms with E-state index in [1.165, 1.54) is 12.8 Å². The van der Waals surface area contributed by atoms with Crippen LogP contribution in [0.2, 0.25) is 0 Å². The van der Waals surface area contributed by atoms with Gasteiger partial charge in [0, 0.05) is 11.9 Å². The van der Waals surface area contributed by atoms with Crippen LogP contribution in [-0.2, 0) is 43.1 Å². The Bertz CT molecular complexity index is 248. The number of rotatable bonds is 11. The summed E-state index contributed by atoms with van der Waals surface area (Å²) in [5.74, 6) is -2.03. The molecule has 0 saturated carbocycles. The molecule has 134 valence electrons. The fraction of sp³-hybridized carbons (Fsp3) is 0.875. The number of unbranched alkanes of at least 4 members (excludes halogenated alkanes) is 5. The van der Waals surface area contributed by atoms with Crippen LogP contribution in [-0.4, -0.2) is 11.9 Å². The molecule has 0 aromatic rings. The number of hydrogen-bond acceptors (Lipinski definition) is 4. The van der Waals surface area contributed by atoms with E-state index in [1.807, 2.05) is 6.92 Å². The van der Waals surface area contributed by atoms with E-state index in [-0.39, 0.29) is 45.9 Å². The molecule has 4 nitrogen and oxygen atoms in total. The largest absolute Gasteiger partial charge is 2.00 e. The zero-order valence-electron chi connectivity index (χ0n) is 13.9. The molecule has 0 amide bonds. The van der Waals surface area contributed by atoms with Gasteiger partial charge in [0.15, 0.2) is 0 Å². The van der Waals surface area contributed by atoms with Crippen LogP contribution in [0.25, 0.3) is 0 Å². The molecule has 0 N–H and O–H groups in total. The van der Waals surface area contributed by atoms with Gasteiger partial charge in [-0.25, -0.2) is 0 Å². The van der Waals surface area contributed by atoms with Crippen molar-refractivity contribution in [2.45, 2.75) is 85.0 Å². The van der Waals surface area contributed by atoms with Crippen molar-refractivity contribution >= 4 is 11.9 Å². The minimum Gasteiger partial charge on any atom is -0.550 e. The quantitative estimate of drug-likeness (QED) is 0.494. The van der Waals surface area contributed by atoms with Crippen molar-refractivity contribution in [3.63, 3.8) is 0 Å². The van der Waals surface area contributed by atoms with E-state index in [9.17, 15) is 19.8 Å². The Morgan fingerprint density at radius 3 is 1.68 bits per heavy atom. The summed E-state index contributed by atoms with van der Waals surface area (Å²) in [7, 11) is 0. The smallest absolute Gasteiger partial charge is 0.550 e. The van der Waals surface area contributed by atoms with Gasteiger partial charge >= 0.3 is 33.6 Å². The first-order valence-electron chi connectivity index (χ1n) is 7.90. The average Bonchev–Trinajstić information content (AvgIpc) is 2.39. The predicted molar refractivity (Wildman–Crippen MR) is 76.7 cm³/mol. The van der Waals surface area contributed by atoms with E-state index in [1.54, 1.807) is 0 Å². The molecule has 0 aromatic heterocycles. The zero-order valence-corrected chi connectivity index (χ0v) is 16.0. The van der Waals surface area contributed by atoms with Gasteiger partial charge < -0.3 is 19.8 Å². The SMILES string of the molecule is CCCCC(CC)C(=O)[O-].CCCCCCCC(=O)[O-].[Co+2].[Co+2]. The minimum absolute atomic E-state index is 0. The van der Waals surface area contributed by atoms with Crippen LogP contribution in [0.4, 0.5) is 0 Å². The molecule has 0 aliphatic carbocycles. The number of hydrogen-bond donors (Lipinski definition) is 0. The summed E-state index contributed by atoms with van der Waals surface area (Å²) in [4.78, 5) is 20.2. The molecule has 0 heterocycles. The monoisotopic (exact) mass is 404 g/mol.